The number of hydrogen-bond acceptors (Lipinski definition) is 3. The van der Waals surface area contributed by atoms with Gasteiger partial charge in [-0.3, -0.25) is 4.79 Å². The Kier molecular flexibility index (Phi) is 3.17. The third-order valence-electron chi connectivity index (χ3n) is 3.17. The van der Waals surface area contributed by atoms with Crippen molar-refractivity contribution in [1.82, 2.24) is 0 Å². The first-order valence-corrected chi connectivity index (χ1v) is 5.79. The molecular weight excluding hydrogens is 218 g/mol. The number of benzene rings is 1. The zero-order valence-corrected chi connectivity index (χ0v) is 9.86. The van der Waals surface area contributed by atoms with Crippen molar-refractivity contribution in [3.05, 3.63) is 29.3 Å². The number of hydrogen-bond donors (Lipinski definition) is 3. The van der Waals surface area contributed by atoms with Crippen LogP contribution < -0.4 is 5.32 Å². The molecule has 4 heteroatoms. The van der Waals surface area contributed by atoms with E-state index < -0.39 is 5.60 Å². The summed E-state index contributed by atoms with van der Waals surface area (Å²) < 4.78 is 0. The number of rotatable bonds is 4. The summed E-state index contributed by atoms with van der Waals surface area (Å²) >= 11 is 0. The molecule has 3 N–H and O–H groups in total. The second-order valence-corrected chi connectivity index (χ2v) is 4.70. The number of aliphatic hydroxyl groups excluding tert-OH is 1. The van der Waals surface area contributed by atoms with Crippen LogP contribution in [-0.4, -0.2) is 22.7 Å². The summed E-state index contributed by atoms with van der Waals surface area (Å²) in [5.41, 5.74) is 1.60. The normalized spacial score (nSPS) is 17.5. The van der Waals surface area contributed by atoms with Gasteiger partial charge in [0.2, 0.25) is 5.91 Å². The van der Waals surface area contributed by atoms with Gasteiger partial charge in [-0.1, -0.05) is 12.1 Å². The van der Waals surface area contributed by atoms with E-state index in [1.807, 2.05) is 18.2 Å². The fourth-order valence-electron chi connectivity index (χ4n) is 2.13. The van der Waals surface area contributed by atoms with E-state index in [0.717, 1.165) is 16.8 Å². The van der Waals surface area contributed by atoms with Crippen molar-refractivity contribution in [2.75, 3.05) is 11.9 Å². The van der Waals surface area contributed by atoms with Crippen LogP contribution in [0.15, 0.2) is 18.2 Å². The lowest BCUT2D eigenvalue weighted by molar-refractivity contribution is -0.115. The first-order valence-electron chi connectivity index (χ1n) is 5.79. The third-order valence-corrected chi connectivity index (χ3v) is 3.17. The monoisotopic (exact) mass is 235 g/mol. The molecule has 0 radical (unpaired) electrons. The van der Waals surface area contributed by atoms with Crippen molar-refractivity contribution < 1.29 is 15.0 Å². The van der Waals surface area contributed by atoms with Crippen molar-refractivity contribution in [2.24, 2.45) is 0 Å². The molecule has 1 heterocycles. The molecule has 0 aromatic heterocycles. The SMILES string of the molecule is CC(O)(CCCO)c1ccc2c(c1)CC(=O)N2. The van der Waals surface area contributed by atoms with Crippen LogP contribution in [0.3, 0.4) is 0 Å². The molecule has 4 nitrogen and oxygen atoms in total. The standard InChI is InChI=1S/C13H17NO3/c1-13(17,5-2-6-15)10-3-4-11-9(7-10)8-12(16)14-11/h3-4,7,15,17H,2,5-6,8H2,1H3,(H,14,16). The van der Waals surface area contributed by atoms with Crippen LogP contribution in [0.5, 0.6) is 0 Å². The van der Waals surface area contributed by atoms with E-state index in [2.05, 4.69) is 5.32 Å². The number of carbonyl (C=O) groups excluding carboxylic acids is 1. The summed E-state index contributed by atoms with van der Waals surface area (Å²) in [5.74, 6) is -0.00727. The highest BCUT2D eigenvalue weighted by Crippen LogP contribution is 2.31. The maximum atomic E-state index is 11.2. The van der Waals surface area contributed by atoms with Gasteiger partial charge in [0, 0.05) is 12.3 Å². The van der Waals surface area contributed by atoms with Gasteiger partial charge in [0.25, 0.3) is 0 Å². The second-order valence-electron chi connectivity index (χ2n) is 4.70. The van der Waals surface area contributed by atoms with Gasteiger partial charge in [-0.05, 0) is 37.0 Å². The summed E-state index contributed by atoms with van der Waals surface area (Å²) in [6.45, 7) is 1.80. The number of anilines is 1. The minimum absolute atomic E-state index is 0.00727. The van der Waals surface area contributed by atoms with Crippen LogP contribution in [-0.2, 0) is 16.8 Å². The fourth-order valence-corrected chi connectivity index (χ4v) is 2.13. The molecular formula is C13H17NO3. The summed E-state index contributed by atoms with van der Waals surface area (Å²) in [4.78, 5) is 11.2. The minimum Gasteiger partial charge on any atom is -0.396 e. The molecule has 0 aliphatic carbocycles. The molecule has 0 spiro atoms. The Morgan fingerprint density at radius 2 is 2.24 bits per heavy atom. The summed E-state index contributed by atoms with van der Waals surface area (Å²) in [6.07, 6.45) is 1.43. The van der Waals surface area contributed by atoms with Gasteiger partial charge in [-0.2, -0.15) is 0 Å². The van der Waals surface area contributed by atoms with Crippen LogP contribution in [0.4, 0.5) is 5.69 Å². The number of aliphatic hydroxyl groups is 2. The maximum Gasteiger partial charge on any atom is 0.228 e. The predicted molar refractivity (Wildman–Crippen MR) is 64.7 cm³/mol. The van der Waals surface area contributed by atoms with Crippen LogP contribution in [0.25, 0.3) is 0 Å². The van der Waals surface area contributed by atoms with E-state index in [1.165, 1.54) is 0 Å². The van der Waals surface area contributed by atoms with Gasteiger partial charge in [-0.25, -0.2) is 0 Å². The van der Waals surface area contributed by atoms with Crippen molar-refractivity contribution in [2.45, 2.75) is 31.8 Å². The number of carbonyl (C=O) groups is 1. The van der Waals surface area contributed by atoms with E-state index >= 15 is 0 Å². The molecule has 1 aromatic rings. The topological polar surface area (TPSA) is 69.6 Å². The molecule has 1 aliphatic rings. The maximum absolute atomic E-state index is 11.2. The lowest BCUT2D eigenvalue weighted by Gasteiger charge is -2.24. The van der Waals surface area contributed by atoms with Crippen molar-refractivity contribution in [3.63, 3.8) is 0 Å². The van der Waals surface area contributed by atoms with Crippen LogP contribution in [0, 0.1) is 0 Å². The predicted octanol–water partition coefficient (Wildman–Crippen LogP) is 1.16. The van der Waals surface area contributed by atoms with E-state index in [4.69, 9.17) is 5.11 Å². The van der Waals surface area contributed by atoms with Crippen LogP contribution in [0.1, 0.15) is 30.9 Å². The summed E-state index contributed by atoms with van der Waals surface area (Å²) in [6, 6.07) is 5.51. The van der Waals surface area contributed by atoms with E-state index in [0.29, 0.717) is 19.3 Å². The van der Waals surface area contributed by atoms with Crippen LogP contribution >= 0.6 is 0 Å². The zero-order valence-electron chi connectivity index (χ0n) is 9.86. The van der Waals surface area contributed by atoms with Gasteiger partial charge in [0.05, 0.1) is 12.0 Å². The van der Waals surface area contributed by atoms with Crippen molar-refractivity contribution in [1.29, 1.82) is 0 Å². The molecule has 0 saturated heterocycles. The molecule has 1 atom stereocenters. The van der Waals surface area contributed by atoms with Gasteiger partial charge in [0.1, 0.15) is 0 Å². The van der Waals surface area contributed by atoms with Crippen molar-refractivity contribution >= 4 is 11.6 Å². The molecule has 1 unspecified atom stereocenters. The minimum atomic E-state index is -0.955. The third kappa shape index (κ3) is 2.48. The summed E-state index contributed by atoms with van der Waals surface area (Å²) in [5, 5.41) is 21.9. The van der Waals surface area contributed by atoms with Gasteiger partial charge < -0.3 is 15.5 Å². The Hall–Kier alpha value is -1.39. The van der Waals surface area contributed by atoms with Gasteiger partial charge in [-0.15, -0.1) is 0 Å². The highest BCUT2D eigenvalue weighted by molar-refractivity contribution is 5.99. The Bertz CT molecular complexity index is 440. The Morgan fingerprint density at radius 1 is 1.47 bits per heavy atom. The Balaban J connectivity index is 2.23. The quantitative estimate of drug-likeness (QED) is 0.733. The average molecular weight is 235 g/mol. The molecule has 0 fully saturated rings. The highest BCUT2D eigenvalue weighted by atomic mass is 16.3. The molecule has 92 valence electrons. The van der Waals surface area contributed by atoms with E-state index in [9.17, 15) is 9.90 Å². The molecule has 0 bridgehead atoms. The summed E-state index contributed by atoms with van der Waals surface area (Å²) in [7, 11) is 0. The van der Waals surface area contributed by atoms with Gasteiger partial charge >= 0.3 is 0 Å². The zero-order chi connectivity index (χ0) is 12.5. The molecule has 2 rings (SSSR count). The lowest BCUT2D eigenvalue weighted by atomic mass is 9.89. The molecule has 0 saturated carbocycles. The molecule has 1 aromatic carbocycles. The number of fused-ring (bicyclic) bond motifs is 1. The Labute approximate surface area is 100 Å². The number of amides is 1. The Morgan fingerprint density at radius 3 is 2.94 bits per heavy atom. The average Bonchev–Trinajstić information content (AvgIpc) is 2.65. The number of nitrogens with one attached hydrogen (secondary N) is 1. The first-order chi connectivity index (χ1) is 8.03. The highest BCUT2D eigenvalue weighted by Gasteiger charge is 2.25. The van der Waals surface area contributed by atoms with Gasteiger partial charge in [0.15, 0.2) is 0 Å². The first kappa shape index (κ1) is 12.1. The lowest BCUT2D eigenvalue weighted by Crippen LogP contribution is -2.21. The fraction of sp³-hybridized carbons (Fsp3) is 0.462. The van der Waals surface area contributed by atoms with Crippen LogP contribution in [0.2, 0.25) is 0 Å². The largest absolute Gasteiger partial charge is 0.396 e. The molecule has 1 amide bonds. The molecule has 1 aliphatic heterocycles. The molecule has 17 heavy (non-hydrogen) atoms. The second kappa shape index (κ2) is 4.47. The smallest absolute Gasteiger partial charge is 0.228 e. The van der Waals surface area contributed by atoms with E-state index in [1.54, 1.807) is 6.92 Å². The van der Waals surface area contributed by atoms with Crippen molar-refractivity contribution in [3.8, 4) is 0 Å². The van der Waals surface area contributed by atoms with E-state index in [-0.39, 0.29) is 12.5 Å².